The Balaban J connectivity index is 1.55. The Morgan fingerprint density at radius 2 is 1.73 bits per heavy atom. The lowest BCUT2D eigenvalue weighted by Crippen LogP contribution is -2.47. The topological polar surface area (TPSA) is 138 Å². The molecule has 1 aliphatic rings. The molecule has 1 fully saturated rings. The molecule has 0 spiro atoms. The van der Waals surface area contributed by atoms with Crippen molar-refractivity contribution in [2.75, 3.05) is 38.5 Å². The maximum Gasteiger partial charge on any atom is 0.253 e. The van der Waals surface area contributed by atoms with E-state index in [1.54, 1.807) is 12.1 Å². The minimum atomic E-state index is -0.552. The van der Waals surface area contributed by atoms with Gasteiger partial charge in [0.15, 0.2) is 0 Å². The van der Waals surface area contributed by atoms with Crippen molar-refractivity contribution in [3.05, 3.63) is 90.0 Å². The number of likely N-dealkylation sites (N-methyl/N-ethyl adjacent to an activating group) is 1. The minimum Gasteiger partial charge on any atom is -0.366 e. The average molecular weight is 537 g/mol. The molecule has 4 aromatic rings. The van der Waals surface area contributed by atoms with Crippen molar-refractivity contribution in [1.82, 2.24) is 14.8 Å². The lowest BCUT2D eigenvalue weighted by atomic mass is 9.93. The number of nitrogens with zero attached hydrogens (tertiary/aromatic N) is 2. The molecular weight excluding hydrogens is 504 g/mol. The Hall–Kier alpha value is -4.73. The molecule has 9 heteroatoms. The number of amides is 3. The molecule has 3 aromatic carbocycles. The SMILES string of the molecule is C=CC(=O)Nc1cccc(-c2ccc(C(N)=O)c3[nH]c(-c4ccc(C(=O)N5CCN(C)CC5)cc4)cc23)c1CN. The van der Waals surface area contributed by atoms with E-state index in [0.29, 0.717) is 35.4 Å². The Morgan fingerprint density at radius 3 is 2.38 bits per heavy atom. The highest BCUT2D eigenvalue weighted by atomic mass is 16.2. The highest BCUT2D eigenvalue weighted by Gasteiger charge is 2.21. The van der Waals surface area contributed by atoms with Crippen molar-refractivity contribution in [1.29, 1.82) is 0 Å². The number of piperazine rings is 1. The van der Waals surface area contributed by atoms with Gasteiger partial charge in [-0.05, 0) is 65.7 Å². The molecule has 0 aliphatic carbocycles. The quantitative estimate of drug-likeness (QED) is 0.268. The van der Waals surface area contributed by atoms with Gasteiger partial charge >= 0.3 is 0 Å². The Labute approximate surface area is 232 Å². The Morgan fingerprint density at radius 1 is 1.00 bits per heavy atom. The van der Waals surface area contributed by atoms with Crippen LogP contribution in [0.4, 0.5) is 5.69 Å². The number of hydrogen-bond acceptors (Lipinski definition) is 5. The van der Waals surface area contributed by atoms with Crippen LogP contribution in [0, 0.1) is 0 Å². The summed E-state index contributed by atoms with van der Waals surface area (Å²) in [6, 6.07) is 18.5. The van der Waals surface area contributed by atoms with Gasteiger partial charge in [0, 0.05) is 55.1 Å². The summed E-state index contributed by atoms with van der Waals surface area (Å²) in [6.45, 7) is 6.84. The Bertz CT molecular complexity index is 1610. The van der Waals surface area contributed by atoms with Crippen molar-refractivity contribution in [2.45, 2.75) is 6.54 Å². The van der Waals surface area contributed by atoms with Crippen molar-refractivity contribution in [3.8, 4) is 22.4 Å². The van der Waals surface area contributed by atoms with Gasteiger partial charge in [-0.15, -0.1) is 0 Å². The first-order valence-corrected chi connectivity index (χ1v) is 13.1. The van der Waals surface area contributed by atoms with Gasteiger partial charge in [-0.2, -0.15) is 0 Å². The number of aromatic nitrogens is 1. The van der Waals surface area contributed by atoms with Gasteiger partial charge in [-0.25, -0.2) is 0 Å². The summed E-state index contributed by atoms with van der Waals surface area (Å²) >= 11 is 0. The van der Waals surface area contributed by atoms with Crippen LogP contribution in [0.25, 0.3) is 33.3 Å². The van der Waals surface area contributed by atoms with Gasteiger partial charge in [0.2, 0.25) is 5.91 Å². The fourth-order valence-corrected chi connectivity index (χ4v) is 5.16. The molecular formula is C31H32N6O3. The second-order valence-electron chi connectivity index (χ2n) is 9.90. The maximum atomic E-state index is 13.0. The van der Waals surface area contributed by atoms with Crippen LogP contribution in [-0.2, 0) is 11.3 Å². The first-order chi connectivity index (χ1) is 19.3. The van der Waals surface area contributed by atoms with Gasteiger partial charge in [-0.1, -0.05) is 36.9 Å². The van der Waals surface area contributed by atoms with E-state index in [9.17, 15) is 14.4 Å². The minimum absolute atomic E-state index is 0.0207. The molecule has 0 saturated carbocycles. The summed E-state index contributed by atoms with van der Waals surface area (Å²) < 4.78 is 0. The van der Waals surface area contributed by atoms with Gasteiger partial charge in [0.05, 0.1) is 11.1 Å². The zero-order chi connectivity index (χ0) is 28.4. The molecule has 0 radical (unpaired) electrons. The predicted octanol–water partition coefficient (Wildman–Crippen LogP) is 3.57. The fourth-order valence-electron chi connectivity index (χ4n) is 5.16. The molecule has 1 aliphatic heterocycles. The first kappa shape index (κ1) is 26.9. The molecule has 6 N–H and O–H groups in total. The van der Waals surface area contributed by atoms with Crippen molar-refractivity contribution in [3.63, 3.8) is 0 Å². The predicted molar refractivity (Wildman–Crippen MR) is 158 cm³/mol. The van der Waals surface area contributed by atoms with Crippen LogP contribution in [-0.4, -0.2) is 65.7 Å². The summed E-state index contributed by atoms with van der Waals surface area (Å²) in [5.41, 5.74) is 18.1. The number of nitrogens with one attached hydrogen (secondary N) is 2. The van der Waals surface area contributed by atoms with Crippen LogP contribution in [0.15, 0.2) is 73.3 Å². The molecule has 0 unspecified atom stereocenters. The molecule has 0 atom stereocenters. The lowest BCUT2D eigenvalue weighted by Gasteiger charge is -2.32. The molecule has 3 amide bonds. The van der Waals surface area contributed by atoms with E-state index < -0.39 is 5.91 Å². The second kappa shape index (κ2) is 11.2. The molecule has 1 aromatic heterocycles. The van der Waals surface area contributed by atoms with Crippen LogP contribution in [0.2, 0.25) is 0 Å². The number of hydrogen-bond donors (Lipinski definition) is 4. The van der Waals surface area contributed by atoms with Gasteiger partial charge < -0.3 is 31.6 Å². The van der Waals surface area contributed by atoms with Crippen LogP contribution in [0.1, 0.15) is 26.3 Å². The molecule has 204 valence electrons. The summed E-state index contributed by atoms with van der Waals surface area (Å²) in [4.78, 5) is 44.8. The smallest absolute Gasteiger partial charge is 0.253 e. The number of carbonyl (C=O) groups excluding carboxylic acids is 3. The monoisotopic (exact) mass is 536 g/mol. The summed E-state index contributed by atoms with van der Waals surface area (Å²) in [5.74, 6) is -0.865. The largest absolute Gasteiger partial charge is 0.366 e. The number of primary amides is 1. The average Bonchev–Trinajstić information content (AvgIpc) is 3.42. The number of nitrogens with two attached hydrogens (primary N) is 2. The molecule has 2 heterocycles. The van der Waals surface area contributed by atoms with Crippen molar-refractivity contribution >= 4 is 34.3 Å². The van der Waals surface area contributed by atoms with E-state index in [1.165, 1.54) is 6.08 Å². The molecule has 1 saturated heterocycles. The third-order valence-electron chi connectivity index (χ3n) is 7.41. The zero-order valence-electron chi connectivity index (χ0n) is 22.4. The number of carbonyl (C=O) groups is 3. The summed E-state index contributed by atoms with van der Waals surface area (Å²) in [6.07, 6.45) is 1.20. The van der Waals surface area contributed by atoms with Crippen LogP contribution in [0.5, 0.6) is 0 Å². The number of aromatic amines is 1. The van der Waals surface area contributed by atoms with Crippen LogP contribution in [0.3, 0.4) is 0 Å². The molecule has 40 heavy (non-hydrogen) atoms. The van der Waals surface area contributed by atoms with Crippen LogP contribution < -0.4 is 16.8 Å². The zero-order valence-corrected chi connectivity index (χ0v) is 22.4. The number of benzene rings is 3. The standard InChI is InChI=1S/C31H32N6O3/c1-3-28(38)34-26-6-4-5-21(25(26)18-32)22-11-12-23(30(33)39)29-24(22)17-27(35-29)19-7-9-20(10-8-19)31(40)37-15-13-36(2)14-16-37/h3-12,17,35H,1,13-16,18,32H2,2H3,(H2,33,39)(H,34,38). The Kier molecular flexibility index (Phi) is 7.50. The molecule has 5 rings (SSSR count). The van der Waals surface area contributed by atoms with E-state index in [1.807, 2.05) is 53.4 Å². The second-order valence-corrected chi connectivity index (χ2v) is 9.90. The van der Waals surface area contributed by atoms with Gasteiger partial charge in [0.25, 0.3) is 11.8 Å². The van der Waals surface area contributed by atoms with E-state index in [0.717, 1.165) is 46.4 Å². The van der Waals surface area contributed by atoms with Crippen molar-refractivity contribution in [2.24, 2.45) is 11.5 Å². The third kappa shape index (κ3) is 5.12. The van der Waals surface area contributed by atoms with Gasteiger partial charge in [0.1, 0.15) is 0 Å². The fraction of sp³-hybridized carbons (Fsp3) is 0.194. The third-order valence-corrected chi connectivity index (χ3v) is 7.41. The van der Waals surface area contributed by atoms with E-state index in [-0.39, 0.29) is 18.4 Å². The number of rotatable bonds is 7. The number of anilines is 1. The summed E-state index contributed by atoms with van der Waals surface area (Å²) in [5, 5.41) is 3.60. The van der Waals surface area contributed by atoms with E-state index in [2.05, 4.69) is 28.8 Å². The summed E-state index contributed by atoms with van der Waals surface area (Å²) in [7, 11) is 2.06. The number of fused-ring (bicyclic) bond motifs is 1. The highest BCUT2D eigenvalue weighted by molar-refractivity contribution is 6.11. The first-order valence-electron chi connectivity index (χ1n) is 13.1. The normalized spacial score (nSPS) is 13.8. The van der Waals surface area contributed by atoms with E-state index in [4.69, 9.17) is 11.5 Å². The van der Waals surface area contributed by atoms with E-state index >= 15 is 0 Å². The highest BCUT2D eigenvalue weighted by Crippen LogP contribution is 2.37. The lowest BCUT2D eigenvalue weighted by molar-refractivity contribution is -0.111. The number of H-pyrrole nitrogens is 1. The van der Waals surface area contributed by atoms with Crippen LogP contribution >= 0.6 is 0 Å². The van der Waals surface area contributed by atoms with Gasteiger partial charge in [-0.3, -0.25) is 14.4 Å². The van der Waals surface area contributed by atoms with Crippen molar-refractivity contribution < 1.29 is 14.4 Å². The molecule has 0 bridgehead atoms. The molecule has 9 nitrogen and oxygen atoms in total. The maximum absolute atomic E-state index is 13.0.